The first-order chi connectivity index (χ1) is 14.0. The van der Waals surface area contributed by atoms with Crippen LogP contribution in [0.5, 0.6) is 0 Å². The van der Waals surface area contributed by atoms with E-state index in [0.29, 0.717) is 5.69 Å². The van der Waals surface area contributed by atoms with E-state index >= 15 is 0 Å². The van der Waals surface area contributed by atoms with Crippen LogP contribution in [0.1, 0.15) is 20.7 Å². The fourth-order valence-electron chi connectivity index (χ4n) is 3.22. The third-order valence-corrected chi connectivity index (χ3v) is 4.59. The number of carbonyl (C=O) groups excluding carboxylic acids is 4. The highest BCUT2D eigenvalue weighted by Gasteiger charge is 2.36. The average Bonchev–Trinajstić information content (AvgIpc) is 2.98. The number of hydrogen-bond donors (Lipinski definition) is 1. The van der Waals surface area contributed by atoms with Crippen LogP contribution in [-0.4, -0.2) is 41.7 Å². The lowest BCUT2D eigenvalue weighted by Crippen LogP contribution is -2.36. The van der Waals surface area contributed by atoms with Crippen LogP contribution in [0.3, 0.4) is 0 Å². The van der Waals surface area contributed by atoms with Crippen molar-refractivity contribution in [1.29, 1.82) is 0 Å². The Balaban J connectivity index is 1.35. The van der Waals surface area contributed by atoms with Crippen molar-refractivity contribution in [3.63, 3.8) is 0 Å². The quantitative estimate of drug-likeness (QED) is 0.536. The van der Waals surface area contributed by atoms with Crippen molar-refractivity contribution >= 4 is 40.2 Å². The molecule has 0 saturated heterocycles. The SMILES string of the molecule is O=C(COC(=O)CN1C(=O)c2ccccc2C1=O)Nc1cccc2ccccc12. The van der Waals surface area contributed by atoms with Crippen molar-refractivity contribution in [2.75, 3.05) is 18.5 Å². The summed E-state index contributed by atoms with van der Waals surface area (Å²) in [6.07, 6.45) is 0. The fraction of sp³-hybridized carbons (Fsp3) is 0.0909. The first kappa shape index (κ1) is 18.4. The highest BCUT2D eigenvalue weighted by Crippen LogP contribution is 2.23. The molecule has 3 aromatic carbocycles. The number of nitrogens with one attached hydrogen (secondary N) is 1. The molecule has 1 aliphatic rings. The standard InChI is InChI=1S/C22H16N2O5/c25-19(23-18-11-5-7-14-6-1-2-8-15(14)18)13-29-20(26)12-24-21(27)16-9-3-4-10-17(16)22(24)28/h1-11H,12-13H2,(H,23,25). The van der Waals surface area contributed by atoms with Crippen LogP contribution in [0.15, 0.2) is 66.7 Å². The van der Waals surface area contributed by atoms with Gasteiger partial charge in [0.2, 0.25) is 0 Å². The summed E-state index contributed by atoms with van der Waals surface area (Å²) in [6, 6.07) is 19.4. The second kappa shape index (κ2) is 7.55. The molecule has 0 spiro atoms. The molecule has 29 heavy (non-hydrogen) atoms. The molecule has 0 atom stereocenters. The molecule has 1 N–H and O–H groups in total. The van der Waals surface area contributed by atoms with E-state index in [9.17, 15) is 19.2 Å². The van der Waals surface area contributed by atoms with E-state index in [1.807, 2.05) is 36.4 Å². The molecule has 0 unspecified atom stereocenters. The third-order valence-electron chi connectivity index (χ3n) is 4.59. The second-order valence-electron chi connectivity index (χ2n) is 6.48. The van der Waals surface area contributed by atoms with Crippen molar-refractivity contribution in [2.45, 2.75) is 0 Å². The molecule has 4 rings (SSSR count). The first-order valence-corrected chi connectivity index (χ1v) is 8.93. The Morgan fingerprint density at radius 1 is 0.828 bits per heavy atom. The number of hydrogen-bond acceptors (Lipinski definition) is 5. The Morgan fingerprint density at radius 2 is 1.45 bits per heavy atom. The lowest BCUT2D eigenvalue weighted by atomic mass is 10.1. The van der Waals surface area contributed by atoms with Gasteiger partial charge in [-0.3, -0.25) is 24.1 Å². The molecule has 144 valence electrons. The van der Waals surface area contributed by atoms with Crippen molar-refractivity contribution < 1.29 is 23.9 Å². The van der Waals surface area contributed by atoms with Crippen LogP contribution >= 0.6 is 0 Å². The maximum atomic E-state index is 12.3. The molecule has 0 saturated carbocycles. The Kier molecular flexibility index (Phi) is 4.78. The van der Waals surface area contributed by atoms with Crippen LogP contribution in [0, 0.1) is 0 Å². The van der Waals surface area contributed by atoms with Crippen LogP contribution in [-0.2, 0) is 14.3 Å². The van der Waals surface area contributed by atoms with E-state index in [1.165, 1.54) is 12.1 Å². The van der Waals surface area contributed by atoms with E-state index in [2.05, 4.69) is 5.32 Å². The maximum absolute atomic E-state index is 12.3. The normalized spacial score (nSPS) is 12.8. The lowest BCUT2D eigenvalue weighted by Gasteiger charge is -2.13. The molecule has 3 aromatic rings. The van der Waals surface area contributed by atoms with Gasteiger partial charge in [0.1, 0.15) is 6.54 Å². The fourth-order valence-corrected chi connectivity index (χ4v) is 3.22. The number of esters is 1. The van der Waals surface area contributed by atoms with Gasteiger partial charge in [0.15, 0.2) is 6.61 Å². The van der Waals surface area contributed by atoms with Gasteiger partial charge in [-0.05, 0) is 23.6 Å². The van der Waals surface area contributed by atoms with Gasteiger partial charge < -0.3 is 10.1 Å². The van der Waals surface area contributed by atoms with Gasteiger partial charge in [0, 0.05) is 11.1 Å². The van der Waals surface area contributed by atoms with Crippen LogP contribution in [0.2, 0.25) is 0 Å². The highest BCUT2D eigenvalue weighted by molar-refractivity contribution is 6.22. The van der Waals surface area contributed by atoms with Gasteiger partial charge >= 0.3 is 5.97 Å². The Hall–Kier alpha value is -4.00. The molecule has 7 heteroatoms. The molecule has 7 nitrogen and oxygen atoms in total. The number of amides is 3. The summed E-state index contributed by atoms with van der Waals surface area (Å²) in [5.41, 5.74) is 1.10. The summed E-state index contributed by atoms with van der Waals surface area (Å²) in [4.78, 5) is 49.6. The number of carbonyl (C=O) groups is 4. The van der Waals surface area contributed by atoms with Gasteiger partial charge in [-0.25, -0.2) is 0 Å². The predicted molar refractivity (Wildman–Crippen MR) is 105 cm³/mol. The van der Waals surface area contributed by atoms with Crippen molar-refractivity contribution in [2.24, 2.45) is 0 Å². The molecule has 0 radical (unpaired) electrons. The first-order valence-electron chi connectivity index (χ1n) is 8.93. The summed E-state index contributed by atoms with van der Waals surface area (Å²) in [5, 5.41) is 4.53. The minimum Gasteiger partial charge on any atom is -0.454 e. The zero-order valence-corrected chi connectivity index (χ0v) is 15.3. The van der Waals surface area contributed by atoms with Crippen molar-refractivity contribution in [1.82, 2.24) is 4.90 Å². The number of ether oxygens (including phenoxy) is 1. The molecule has 0 bridgehead atoms. The van der Waals surface area contributed by atoms with Gasteiger partial charge in [-0.15, -0.1) is 0 Å². The van der Waals surface area contributed by atoms with E-state index < -0.39 is 36.8 Å². The summed E-state index contributed by atoms with van der Waals surface area (Å²) in [6.45, 7) is -1.07. The molecular weight excluding hydrogens is 372 g/mol. The maximum Gasteiger partial charge on any atom is 0.326 e. The number of benzene rings is 3. The Bertz CT molecular complexity index is 1110. The van der Waals surface area contributed by atoms with Gasteiger partial charge in [-0.2, -0.15) is 0 Å². The van der Waals surface area contributed by atoms with Crippen molar-refractivity contribution in [3.8, 4) is 0 Å². The topological polar surface area (TPSA) is 92.8 Å². The second-order valence-corrected chi connectivity index (χ2v) is 6.48. The summed E-state index contributed by atoms with van der Waals surface area (Å²) < 4.78 is 4.95. The molecule has 1 aliphatic heterocycles. The largest absolute Gasteiger partial charge is 0.454 e. The zero-order valence-electron chi connectivity index (χ0n) is 15.3. The van der Waals surface area contributed by atoms with Crippen LogP contribution in [0.4, 0.5) is 5.69 Å². The number of rotatable bonds is 5. The van der Waals surface area contributed by atoms with Gasteiger partial charge in [-0.1, -0.05) is 48.5 Å². The Morgan fingerprint density at radius 3 is 2.17 bits per heavy atom. The summed E-state index contributed by atoms with van der Waals surface area (Å²) in [7, 11) is 0. The van der Waals surface area contributed by atoms with Crippen LogP contribution < -0.4 is 5.32 Å². The molecule has 0 aromatic heterocycles. The highest BCUT2D eigenvalue weighted by atomic mass is 16.5. The van der Waals surface area contributed by atoms with E-state index in [0.717, 1.165) is 15.7 Å². The van der Waals surface area contributed by atoms with E-state index in [-0.39, 0.29) is 11.1 Å². The monoisotopic (exact) mass is 388 g/mol. The minimum atomic E-state index is -0.840. The summed E-state index contributed by atoms with van der Waals surface area (Å²) in [5.74, 6) is -2.46. The number of anilines is 1. The zero-order chi connectivity index (χ0) is 20.4. The lowest BCUT2D eigenvalue weighted by molar-refractivity contribution is -0.147. The molecule has 1 heterocycles. The van der Waals surface area contributed by atoms with Crippen LogP contribution in [0.25, 0.3) is 10.8 Å². The number of fused-ring (bicyclic) bond motifs is 2. The van der Waals surface area contributed by atoms with E-state index in [4.69, 9.17) is 4.74 Å². The smallest absolute Gasteiger partial charge is 0.326 e. The average molecular weight is 388 g/mol. The number of nitrogens with zero attached hydrogens (tertiary/aromatic N) is 1. The third kappa shape index (κ3) is 3.58. The molecule has 0 fully saturated rings. The van der Waals surface area contributed by atoms with E-state index in [1.54, 1.807) is 18.2 Å². The molecule has 0 aliphatic carbocycles. The molecular formula is C22H16N2O5. The van der Waals surface area contributed by atoms with Gasteiger partial charge in [0.25, 0.3) is 17.7 Å². The Labute approximate surface area is 165 Å². The predicted octanol–water partition coefficient (Wildman–Crippen LogP) is 2.62. The van der Waals surface area contributed by atoms with Gasteiger partial charge in [0.05, 0.1) is 11.1 Å². The van der Waals surface area contributed by atoms with Crippen molar-refractivity contribution in [3.05, 3.63) is 77.9 Å². The minimum absolute atomic E-state index is 0.249. The summed E-state index contributed by atoms with van der Waals surface area (Å²) >= 11 is 0. The number of imide groups is 1. The molecule has 3 amide bonds.